The van der Waals surface area contributed by atoms with Crippen LogP contribution < -0.4 is 0 Å². The van der Waals surface area contributed by atoms with Crippen molar-refractivity contribution in [2.45, 2.75) is 125 Å². The molecule has 0 bridgehead atoms. The SMILES string of the molecule is C.C.C.C.C.C.C.C.CCC(=O)CCCC(=O)CC.COC(=O)CCCC(=O)OC.O=C=NCN=C=O.O=C=NCN=C=O. The molecule has 0 saturated heterocycles. The summed E-state index contributed by atoms with van der Waals surface area (Å²) in [6.07, 6.45) is 8.92. The van der Waals surface area contributed by atoms with Gasteiger partial charge in [-0.05, 0) is 12.8 Å². The van der Waals surface area contributed by atoms with Gasteiger partial charge in [0.05, 0.1) is 14.2 Å². The van der Waals surface area contributed by atoms with Crippen molar-refractivity contribution in [1.29, 1.82) is 0 Å². The number of hydrogen-bond acceptors (Lipinski definition) is 14. The van der Waals surface area contributed by atoms with E-state index in [0.717, 1.165) is 6.42 Å². The number of Topliss-reactive ketones (excluding diaryl/α,β-unsaturated/α-hetero) is 2. The molecule has 0 radical (unpaired) electrons. The van der Waals surface area contributed by atoms with Crippen LogP contribution >= 0.6 is 0 Å². The number of ketones is 2. The summed E-state index contributed by atoms with van der Waals surface area (Å²) in [5.74, 6) is -0.0781. The van der Waals surface area contributed by atoms with Crippen molar-refractivity contribution in [3.8, 4) is 0 Å². The Balaban J connectivity index is -0.0000000298. The molecule has 0 aromatic carbocycles. The number of nitrogens with zero attached hydrogens (tertiary/aromatic N) is 4. The summed E-state index contributed by atoms with van der Waals surface area (Å²) in [7, 11) is 2.64. The molecular formula is C30H64N4O10. The van der Waals surface area contributed by atoms with Crippen LogP contribution in [-0.2, 0) is 47.8 Å². The van der Waals surface area contributed by atoms with Gasteiger partial charge in [0.15, 0.2) is 13.3 Å². The average molecular weight is 641 g/mol. The van der Waals surface area contributed by atoms with E-state index in [9.17, 15) is 38.4 Å². The number of esters is 2. The number of hydrogen-bond donors (Lipinski definition) is 0. The van der Waals surface area contributed by atoms with Crippen LogP contribution in [0.25, 0.3) is 0 Å². The molecule has 0 saturated carbocycles. The molecule has 0 rings (SSSR count). The van der Waals surface area contributed by atoms with Crippen LogP contribution in [0.1, 0.15) is 125 Å². The first-order chi connectivity index (χ1) is 17.2. The third kappa shape index (κ3) is 90.4. The molecule has 0 aromatic heterocycles. The molecule has 0 N–H and O–H groups in total. The second-order valence-electron chi connectivity index (χ2n) is 5.92. The summed E-state index contributed by atoms with van der Waals surface area (Å²) >= 11 is 0. The second-order valence-corrected chi connectivity index (χ2v) is 5.92. The molecule has 44 heavy (non-hydrogen) atoms. The van der Waals surface area contributed by atoms with Gasteiger partial charge in [-0.15, -0.1) is 0 Å². The number of aliphatic imine (C=N–C) groups is 4. The average Bonchev–Trinajstić information content (AvgIpc) is 2.89. The van der Waals surface area contributed by atoms with Crippen molar-refractivity contribution < 1.29 is 47.8 Å². The Hall–Kier alpha value is -4.20. The van der Waals surface area contributed by atoms with Crippen LogP contribution in [0.4, 0.5) is 0 Å². The largest absolute Gasteiger partial charge is 0.469 e. The lowest BCUT2D eigenvalue weighted by Crippen LogP contribution is -2.04. The predicted molar refractivity (Wildman–Crippen MR) is 178 cm³/mol. The minimum atomic E-state index is -0.297. The van der Waals surface area contributed by atoms with Crippen LogP contribution in [0.2, 0.25) is 0 Å². The number of methoxy groups -OCH3 is 2. The van der Waals surface area contributed by atoms with Gasteiger partial charge in [-0.1, -0.05) is 73.3 Å². The fourth-order valence-corrected chi connectivity index (χ4v) is 1.60. The third-order valence-electron chi connectivity index (χ3n) is 3.46. The highest BCUT2D eigenvalue weighted by Gasteiger charge is 2.03. The van der Waals surface area contributed by atoms with E-state index in [1.54, 1.807) is 0 Å². The van der Waals surface area contributed by atoms with Crippen LogP contribution in [0.3, 0.4) is 0 Å². The second kappa shape index (κ2) is 71.7. The van der Waals surface area contributed by atoms with E-state index >= 15 is 0 Å². The minimum absolute atomic E-state index is 0. The van der Waals surface area contributed by atoms with Gasteiger partial charge in [-0.2, -0.15) is 20.0 Å². The van der Waals surface area contributed by atoms with Gasteiger partial charge in [-0.3, -0.25) is 19.2 Å². The molecule has 0 atom stereocenters. The Kier molecular flexibility index (Phi) is 126. The number of carbonyl (C=O) groups excluding carboxylic acids is 8. The first-order valence-corrected chi connectivity index (χ1v) is 10.6. The summed E-state index contributed by atoms with van der Waals surface area (Å²) < 4.78 is 8.75. The maximum Gasteiger partial charge on any atom is 0.305 e. The van der Waals surface area contributed by atoms with Crippen molar-refractivity contribution in [3.05, 3.63) is 0 Å². The Morgan fingerprint density at radius 3 is 0.886 bits per heavy atom. The van der Waals surface area contributed by atoms with E-state index in [2.05, 4.69) is 29.4 Å². The van der Waals surface area contributed by atoms with Crippen molar-refractivity contribution in [3.63, 3.8) is 0 Å². The molecule has 0 aliphatic carbocycles. The van der Waals surface area contributed by atoms with E-state index in [-0.39, 0.29) is 109 Å². The number of carbonyl (C=O) groups is 4. The highest BCUT2D eigenvalue weighted by atomic mass is 16.5. The zero-order valence-electron chi connectivity index (χ0n) is 20.9. The Bertz CT molecular complexity index is 692. The van der Waals surface area contributed by atoms with Crippen LogP contribution in [0.15, 0.2) is 20.0 Å². The summed E-state index contributed by atoms with van der Waals surface area (Å²) in [6.45, 7) is 3.38. The maximum atomic E-state index is 10.8. The standard InChI is InChI=1S/C9H16O2.C7H12O4.2C3H2N2O2.8CH4/c1-3-8(10)6-5-7-9(11)4-2;1-10-6(8)4-3-5-7(9)11-2;2*6-2-4-1-5-3-7;;;;;;;;/h3-7H2,1-2H3;3-5H2,1-2H3;2*1H2;8*1H4. The Labute approximate surface area is 267 Å². The van der Waals surface area contributed by atoms with Crippen LogP contribution in [0.5, 0.6) is 0 Å². The number of rotatable bonds is 14. The van der Waals surface area contributed by atoms with Gasteiger partial charge in [0.2, 0.25) is 24.3 Å². The molecule has 0 aliphatic heterocycles. The fraction of sp³-hybridized carbons (Fsp3) is 0.733. The summed E-state index contributed by atoms with van der Waals surface area (Å²) in [5, 5.41) is 0. The van der Waals surface area contributed by atoms with Gasteiger partial charge >= 0.3 is 11.9 Å². The molecular weight excluding hydrogens is 576 g/mol. The van der Waals surface area contributed by atoms with E-state index in [1.807, 2.05) is 13.8 Å². The first-order valence-electron chi connectivity index (χ1n) is 10.6. The lowest BCUT2D eigenvalue weighted by atomic mass is 10.1. The first kappa shape index (κ1) is 77.5. The summed E-state index contributed by atoms with van der Waals surface area (Å²) in [4.78, 5) is 91.1. The molecule has 0 fully saturated rings. The predicted octanol–water partition coefficient (Wildman–Crippen LogP) is 6.94. The molecule has 0 heterocycles. The summed E-state index contributed by atoms with van der Waals surface area (Å²) in [6, 6.07) is 0. The van der Waals surface area contributed by atoms with E-state index in [0.29, 0.717) is 32.1 Å². The van der Waals surface area contributed by atoms with Gasteiger partial charge in [0.25, 0.3) is 0 Å². The molecule has 0 unspecified atom stereocenters. The van der Waals surface area contributed by atoms with Gasteiger partial charge in [-0.25, -0.2) is 19.2 Å². The zero-order valence-corrected chi connectivity index (χ0v) is 20.9. The van der Waals surface area contributed by atoms with E-state index < -0.39 is 0 Å². The van der Waals surface area contributed by atoms with Crippen LogP contribution in [0, 0.1) is 0 Å². The fourth-order valence-electron chi connectivity index (χ4n) is 1.60. The molecule has 264 valence electrons. The Morgan fingerprint density at radius 1 is 0.477 bits per heavy atom. The quantitative estimate of drug-likeness (QED) is 0.109. The topological polar surface area (TPSA) is 204 Å². The van der Waals surface area contributed by atoms with Crippen molar-refractivity contribution >= 4 is 47.8 Å². The van der Waals surface area contributed by atoms with E-state index in [1.165, 1.54) is 38.5 Å². The van der Waals surface area contributed by atoms with Crippen molar-refractivity contribution in [1.82, 2.24) is 0 Å². The monoisotopic (exact) mass is 640 g/mol. The molecule has 14 heteroatoms. The molecule has 0 spiro atoms. The normalized spacial score (nSPS) is 6.45. The van der Waals surface area contributed by atoms with Crippen LogP contribution in [-0.4, -0.2) is 75.4 Å². The molecule has 14 nitrogen and oxygen atoms in total. The molecule has 0 aliphatic rings. The lowest BCUT2D eigenvalue weighted by molar-refractivity contribution is -0.142. The molecule has 0 amide bonds. The number of isocyanates is 4. The molecule has 0 aromatic rings. The highest BCUT2D eigenvalue weighted by molar-refractivity contribution is 5.80. The highest BCUT2D eigenvalue weighted by Crippen LogP contribution is 2.01. The lowest BCUT2D eigenvalue weighted by Gasteiger charge is -1.97. The third-order valence-corrected chi connectivity index (χ3v) is 3.46. The van der Waals surface area contributed by atoms with Gasteiger partial charge in [0, 0.05) is 38.5 Å². The van der Waals surface area contributed by atoms with Crippen molar-refractivity contribution in [2.75, 3.05) is 27.6 Å². The van der Waals surface area contributed by atoms with Gasteiger partial charge < -0.3 is 9.47 Å². The van der Waals surface area contributed by atoms with Crippen molar-refractivity contribution in [2.24, 2.45) is 20.0 Å². The minimum Gasteiger partial charge on any atom is -0.469 e. The van der Waals surface area contributed by atoms with Gasteiger partial charge in [0.1, 0.15) is 11.6 Å². The number of ether oxygens (including phenoxy) is 2. The maximum absolute atomic E-state index is 10.8. The zero-order chi connectivity index (χ0) is 28.5. The smallest absolute Gasteiger partial charge is 0.305 e. The Morgan fingerprint density at radius 2 is 0.705 bits per heavy atom. The van der Waals surface area contributed by atoms with E-state index in [4.69, 9.17) is 0 Å². The summed E-state index contributed by atoms with van der Waals surface area (Å²) in [5.41, 5.74) is 0.